The molecule has 0 fully saturated rings. The maximum absolute atomic E-state index is 10.6. The Morgan fingerprint density at radius 1 is 1.75 bits per heavy atom. The average Bonchev–Trinajstić information content (AvgIpc) is 1.67. The van der Waals surface area contributed by atoms with Crippen LogP contribution in [0.1, 0.15) is 13.8 Å². The summed E-state index contributed by atoms with van der Waals surface area (Å²) in [6.07, 6.45) is 0. The van der Waals surface area contributed by atoms with E-state index in [0.29, 0.717) is 0 Å². The van der Waals surface area contributed by atoms with Gasteiger partial charge < -0.3 is 0 Å². The highest BCUT2D eigenvalue weighted by molar-refractivity contribution is 8.30. The van der Waals surface area contributed by atoms with E-state index in [1.54, 1.807) is 0 Å². The van der Waals surface area contributed by atoms with Gasteiger partial charge in [0.25, 0.3) is 0 Å². The second-order valence-electron chi connectivity index (χ2n) is 1.69. The van der Waals surface area contributed by atoms with Crippen molar-refractivity contribution in [2.45, 2.75) is 13.8 Å². The summed E-state index contributed by atoms with van der Waals surface area (Å²) in [5, 5.41) is 0.139. The largest absolute Gasteiger partial charge is 0.287 e. The van der Waals surface area contributed by atoms with Crippen LogP contribution in [0, 0.1) is 5.92 Å². The van der Waals surface area contributed by atoms with Crippen molar-refractivity contribution in [1.29, 1.82) is 0 Å². The van der Waals surface area contributed by atoms with E-state index in [4.69, 9.17) is 0 Å². The third-order valence-electron chi connectivity index (χ3n) is 0.636. The van der Waals surface area contributed by atoms with Crippen molar-refractivity contribution in [3.8, 4) is 0 Å². The van der Waals surface area contributed by atoms with E-state index < -0.39 is 0 Å². The molecule has 0 saturated heterocycles. The lowest BCUT2D eigenvalue weighted by molar-refractivity contribution is -0.113. The minimum Gasteiger partial charge on any atom is -0.287 e. The standard InChI is InChI=1S/C5H8OS2/c1-4(2)5(6)8-3-7/h3-4H,1-2H3. The van der Waals surface area contributed by atoms with Crippen LogP contribution in [0.15, 0.2) is 0 Å². The fourth-order valence-electron chi connectivity index (χ4n) is 0.184. The first kappa shape index (κ1) is 8.11. The van der Waals surface area contributed by atoms with Crippen LogP contribution in [0.2, 0.25) is 0 Å². The average molecular weight is 148 g/mol. The molecule has 0 atom stereocenters. The number of hydrogen-bond donors (Lipinski definition) is 0. The molecule has 0 aromatic heterocycles. The van der Waals surface area contributed by atoms with Gasteiger partial charge in [0.05, 0.1) is 0 Å². The van der Waals surface area contributed by atoms with Crippen LogP contribution in [0.3, 0.4) is 0 Å². The zero-order valence-corrected chi connectivity index (χ0v) is 6.51. The third-order valence-corrected chi connectivity index (χ3v) is 1.72. The first-order chi connectivity index (χ1) is 3.68. The molecule has 3 heteroatoms. The van der Waals surface area contributed by atoms with Crippen LogP contribution in [-0.2, 0) is 4.79 Å². The molecule has 46 valence electrons. The minimum absolute atomic E-state index is 0.0965. The lowest BCUT2D eigenvalue weighted by atomic mass is 10.3. The molecule has 0 aliphatic carbocycles. The number of carbonyl (C=O) groups excluding carboxylic acids is 1. The second kappa shape index (κ2) is 4.04. The second-order valence-corrected chi connectivity index (χ2v) is 3.10. The van der Waals surface area contributed by atoms with Gasteiger partial charge in [0.2, 0.25) is 0 Å². The highest BCUT2D eigenvalue weighted by Gasteiger charge is 2.03. The molecule has 0 radical (unpaired) electrons. The van der Waals surface area contributed by atoms with Crippen molar-refractivity contribution in [3.63, 3.8) is 0 Å². The van der Waals surface area contributed by atoms with E-state index in [1.165, 1.54) is 4.70 Å². The van der Waals surface area contributed by atoms with Gasteiger partial charge in [-0.3, -0.25) is 4.79 Å². The number of carbonyl (C=O) groups is 1. The maximum Gasteiger partial charge on any atom is 0.196 e. The van der Waals surface area contributed by atoms with E-state index in [1.807, 2.05) is 13.8 Å². The molecule has 0 rings (SSSR count). The Kier molecular flexibility index (Phi) is 4.09. The van der Waals surface area contributed by atoms with Crippen LogP contribution in [0.5, 0.6) is 0 Å². The third kappa shape index (κ3) is 3.16. The molecule has 8 heavy (non-hydrogen) atoms. The van der Waals surface area contributed by atoms with Crippen LogP contribution in [0.4, 0.5) is 0 Å². The summed E-state index contributed by atoms with van der Waals surface area (Å²) in [6, 6.07) is 0. The molecule has 0 unspecified atom stereocenters. The van der Waals surface area contributed by atoms with E-state index >= 15 is 0 Å². The molecule has 0 aromatic carbocycles. The first-order valence-corrected chi connectivity index (χ1v) is 3.67. The van der Waals surface area contributed by atoms with Gasteiger partial charge in [0.15, 0.2) is 5.12 Å². The molecule has 0 aliphatic rings. The van der Waals surface area contributed by atoms with Crippen molar-refractivity contribution < 1.29 is 4.79 Å². The molecule has 1 nitrogen and oxygen atoms in total. The molecule has 0 aliphatic heterocycles. The maximum atomic E-state index is 10.6. The molecule has 0 spiro atoms. The summed E-state index contributed by atoms with van der Waals surface area (Å²) >= 11 is 5.55. The van der Waals surface area contributed by atoms with E-state index in [9.17, 15) is 4.79 Å². The quantitative estimate of drug-likeness (QED) is 0.556. The molecule has 0 saturated carbocycles. The summed E-state index contributed by atoms with van der Waals surface area (Å²) in [7, 11) is 0. The van der Waals surface area contributed by atoms with Crippen molar-refractivity contribution in [2.75, 3.05) is 0 Å². The van der Waals surface area contributed by atoms with Crippen LogP contribution in [0.25, 0.3) is 0 Å². The molecule has 0 aromatic rings. The normalized spacial score (nSPS) is 9.38. The van der Waals surface area contributed by atoms with Gasteiger partial charge in [-0.1, -0.05) is 26.1 Å². The summed E-state index contributed by atoms with van der Waals surface area (Å²) in [4.78, 5) is 10.6. The Labute approximate surface area is 58.8 Å². The van der Waals surface area contributed by atoms with Gasteiger partial charge in [-0.05, 0) is 11.8 Å². The smallest absolute Gasteiger partial charge is 0.196 e. The van der Waals surface area contributed by atoms with Gasteiger partial charge in [0, 0.05) is 10.6 Å². The van der Waals surface area contributed by atoms with Gasteiger partial charge in [-0.15, -0.1) is 0 Å². The first-order valence-electron chi connectivity index (χ1n) is 2.32. The Morgan fingerprint density at radius 3 is 2.38 bits per heavy atom. The molecular formula is C5H8OS2. The van der Waals surface area contributed by atoms with E-state index in [-0.39, 0.29) is 11.0 Å². The molecule has 0 amide bonds. The van der Waals surface area contributed by atoms with Gasteiger partial charge in [0.1, 0.15) is 0 Å². The summed E-state index contributed by atoms with van der Waals surface area (Å²) in [6.45, 7) is 3.71. The van der Waals surface area contributed by atoms with Crippen molar-refractivity contribution in [2.24, 2.45) is 5.92 Å². The number of hydrogen-bond acceptors (Lipinski definition) is 3. The Hall–Kier alpha value is 0.110. The lowest BCUT2D eigenvalue weighted by Crippen LogP contribution is -1.99. The molecule has 0 heterocycles. The predicted octanol–water partition coefficient (Wildman–Crippen LogP) is 1.86. The predicted molar refractivity (Wildman–Crippen MR) is 41.1 cm³/mol. The van der Waals surface area contributed by atoms with Crippen molar-refractivity contribution >= 4 is 33.8 Å². The lowest BCUT2D eigenvalue weighted by Gasteiger charge is -1.95. The van der Waals surface area contributed by atoms with Crippen LogP contribution in [-0.4, -0.2) is 9.81 Å². The van der Waals surface area contributed by atoms with Crippen molar-refractivity contribution in [1.82, 2.24) is 0 Å². The molecule has 0 bridgehead atoms. The monoisotopic (exact) mass is 148 g/mol. The minimum atomic E-state index is 0.0965. The van der Waals surface area contributed by atoms with Crippen LogP contribution < -0.4 is 0 Å². The van der Waals surface area contributed by atoms with Crippen molar-refractivity contribution in [3.05, 3.63) is 0 Å². The summed E-state index contributed by atoms with van der Waals surface area (Å²) < 4.78 is 1.39. The summed E-state index contributed by atoms with van der Waals surface area (Å²) in [5.41, 5.74) is 0. The SMILES string of the molecule is CC(C)C(=O)SC=S. The Morgan fingerprint density at radius 2 is 2.25 bits per heavy atom. The number of rotatable bonds is 2. The number of thioether (sulfide) groups is 1. The zero-order chi connectivity index (χ0) is 6.57. The topological polar surface area (TPSA) is 17.1 Å². The highest BCUT2D eigenvalue weighted by Crippen LogP contribution is 2.06. The fraction of sp³-hybridized carbons (Fsp3) is 0.600. The summed E-state index contributed by atoms with van der Waals surface area (Å²) in [5.74, 6) is 0.0965. The van der Waals surface area contributed by atoms with E-state index in [2.05, 4.69) is 12.2 Å². The molecule has 0 N–H and O–H groups in total. The van der Waals surface area contributed by atoms with Gasteiger partial charge >= 0.3 is 0 Å². The zero-order valence-electron chi connectivity index (χ0n) is 4.88. The Balaban J connectivity index is 3.48. The fourth-order valence-corrected chi connectivity index (χ4v) is 0.835. The van der Waals surface area contributed by atoms with Gasteiger partial charge in [-0.2, -0.15) is 0 Å². The van der Waals surface area contributed by atoms with E-state index in [0.717, 1.165) is 11.8 Å². The number of thiocarbonyl (C=S) groups is 1. The van der Waals surface area contributed by atoms with Gasteiger partial charge in [-0.25, -0.2) is 0 Å². The van der Waals surface area contributed by atoms with Crippen LogP contribution >= 0.6 is 24.0 Å². The molecular weight excluding hydrogens is 140 g/mol. The highest BCUT2D eigenvalue weighted by atomic mass is 32.2. The Bertz CT molecular complexity index is 98.6.